The summed E-state index contributed by atoms with van der Waals surface area (Å²) < 4.78 is 0. The van der Waals surface area contributed by atoms with E-state index in [0.717, 1.165) is 56.6 Å². The molecule has 1 aliphatic heterocycles. The molecule has 2 amide bonds. The van der Waals surface area contributed by atoms with Crippen LogP contribution in [0.5, 0.6) is 0 Å². The van der Waals surface area contributed by atoms with Crippen molar-refractivity contribution in [2.75, 3.05) is 25.0 Å². The lowest BCUT2D eigenvalue weighted by Crippen LogP contribution is -2.32. The van der Waals surface area contributed by atoms with E-state index < -0.39 is 0 Å². The molecule has 0 saturated carbocycles. The molecule has 0 radical (unpaired) electrons. The lowest BCUT2D eigenvalue weighted by atomic mass is 10.1. The van der Waals surface area contributed by atoms with E-state index in [4.69, 9.17) is 0 Å². The molecule has 0 spiro atoms. The number of nitrogens with zero attached hydrogens (tertiary/aromatic N) is 6. The van der Waals surface area contributed by atoms with Crippen molar-refractivity contribution in [2.24, 2.45) is 0 Å². The molecule has 3 aromatic rings. The summed E-state index contributed by atoms with van der Waals surface area (Å²) in [6.07, 6.45) is 9.11. The smallest absolute Gasteiger partial charge is 0.320 e. The van der Waals surface area contributed by atoms with Gasteiger partial charge in [0.15, 0.2) is 0 Å². The Bertz CT molecular complexity index is 995. The Morgan fingerprint density at radius 3 is 2.52 bits per heavy atom. The highest BCUT2D eigenvalue weighted by Gasteiger charge is 2.28. The van der Waals surface area contributed by atoms with Crippen molar-refractivity contribution in [3.8, 4) is 0 Å². The molecule has 9 heteroatoms. The van der Waals surface area contributed by atoms with E-state index >= 15 is 0 Å². The molecular formula is C22H26N8O. The number of nitrogens with one attached hydrogen (secondary N) is 2. The Balaban J connectivity index is 1.09. The summed E-state index contributed by atoms with van der Waals surface area (Å²) in [5.74, 6) is 0.642. The summed E-state index contributed by atoms with van der Waals surface area (Å²) >= 11 is 0. The first-order valence-corrected chi connectivity index (χ1v) is 10.8. The highest BCUT2D eigenvalue weighted by Crippen LogP contribution is 2.23. The molecule has 0 unspecified atom stereocenters. The normalized spacial score (nSPS) is 16.2. The van der Waals surface area contributed by atoms with Crippen LogP contribution in [0.25, 0.3) is 0 Å². The van der Waals surface area contributed by atoms with E-state index in [1.807, 2.05) is 22.2 Å². The molecule has 0 bridgehead atoms. The molecule has 1 aliphatic carbocycles. The van der Waals surface area contributed by atoms with Gasteiger partial charge in [-0.1, -0.05) is 29.5 Å². The second kappa shape index (κ2) is 8.71. The van der Waals surface area contributed by atoms with E-state index in [-0.39, 0.29) is 6.03 Å². The maximum atomic E-state index is 12.7. The number of aromatic nitrogens is 5. The van der Waals surface area contributed by atoms with E-state index in [0.29, 0.717) is 18.5 Å². The first-order valence-electron chi connectivity index (χ1n) is 10.8. The van der Waals surface area contributed by atoms with Crippen LogP contribution in [0.3, 0.4) is 0 Å². The van der Waals surface area contributed by atoms with Gasteiger partial charge in [-0.25, -0.2) is 14.8 Å². The van der Waals surface area contributed by atoms with Gasteiger partial charge in [0, 0.05) is 49.8 Å². The molecule has 2 N–H and O–H groups in total. The lowest BCUT2D eigenvalue weighted by molar-refractivity contribution is 0.190. The quantitative estimate of drug-likeness (QED) is 0.580. The van der Waals surface area contributed by atoms with Crippen molar-refractivity contribution in [1.29, 1.82) is 0 Å². The summed E-state index contributed by atoms with van der Waals surface area (Å²) in [5.41, 5.74) is 4.67. The molecule has 0 atom stereocenters. The van der Waals surface area contributed by atoms with Crippen molar-refractivity contribution in [3.05, 3.63) is 65.2 Å². The van der Waals surface area contributed by atoms with Crippen LogP contribution >= 0.6 is 0 Å². The van der Waals surface area contributed by atoms with Crippen LogP contribution < -0.4 is 5.32 Å². The number of hydrogen-bond acceptors (Lipinski definition) is 6. The monoisotopic (exact) mass is 418 g/mol. The number of benzene rings is 1. The first-order chi connectivity index (χ1) is 15.2. The number of rotatable bonds is 8. The minimum absolute atomic E-state index is 0.0751. The Hall–Kier alpha value is -3.49. The maximum Gasteiger partial charge on any atom is 0.320 e. The third kappa shape index (κ3) is 4.50. The zero-order valence-electron chi connectivity index (χ0n) is 17.4. The number of H-pyrrole nitrogens is 1. The highest BCUT2D eigenvalue weighted by molar-refractivity contribution is 5.76. The van der Waals surface area contributed by atoms with Gasteiger partial charge in [-0.05, 0) is 36.8 Å². The predicted molar refractivity (Wildman–Crippen MR) is 115 cm³/mol. The molecule has 2 aromatic heterocycles. The average Bonchev–Trinajstić information content (AvgIpc) is 3.51. The zero-order chi connectivity index (χ0) is 21.0. The summed E-state index contributed by atoms with van der Waals surface area (Å²) in [5, 5.41) is 13.8. The van der Waals surface area contributed by atoms with Crippen LogP contribution in [-0.2, 0) is 25.8 Å². The molecule has 9 nitrogen and oxygen atoms in total. The van der Waals surface area contributed by atoms with Gasteiger partial charge in [-0.3, -0.25) is 5.10 Å². The van der Waals surface area contributed by atoms with Crippen LogP contribution in [0, 0.1) is 0 Å². The molecule has 31 heavy (non-hydrogen) atoms. The molecule has 1 aromatic carbocycles. The fraction of sp³-hybridized carbons (Fsp3) is 0.409. The van der Waals surface area contributed by atoms with E-state index in [1.165, 1.54) is 11.1 Å². The van der Waals surface area contributed by atoms with E-state index in [2.05, 4.69) is 55.0 Å². The molecule has 160 valence electrons. The van der Waals surface area contributed by atoms with Crippen molar-refractivity contribution < 1.29 is 4.79 Å². The van der Waals surface area contributed by atoms with E-state index in [9.17, 15) is 4.79 Å². The van der Waals surface area contributed by atoms with Gasteiger partial charge in [0.2, 0.25) is 5.95 Å². The van der Waals surface area contributed by atoms with Gasteiger partial charge < -0.3 is 15.1 Å². The number of carbonyl (C=O) groups is 1. The molecule has 5 rings (SSSR count). The number of urea groups is 1. The Morgan fingerprint density at radius 2 is 1.81 bits per heavy atom. The van der Waals surface area contributed by atoms with Crippen LogP contribution in [0.2, 0.25) is 0 Å². The summed E-state index contributed by atoms with van der Waals surface area (Å²) in [7, 11) is 0. The second-order valence-corrected chi connectivity index (χ2v) is 8.19. The Labute approximate surface area is 180 Å². The number of aryl methyl sites for hydroxylation is 1. The number of carbonyl (C=O) groups excluding carboxylic acids is 1. The lowest BCUT2D eigenvalue weighted by Gasteiger charge is -2.18. The Kier molecular flexibility index (Phi) is 5.47. The number of fused-ring (bicyclic) bond motifs is 1. The van der Waals surface area contributed by atoms with E-state index in [1.54, 1.807) is 6.20 Å². The molecule has 3 heterocycles. The average molecular weight is 419 g/mol. The van der Waals surface area contributed by atoms with Crippen molar-refractivity contribution >= 4 is 12.0 Å². The van der Waals surface area contributed by atoms with Crippen LogP contribution in [0.15, 0.2) is 42.9 Å². The second-order valence-electron chi connectivity index (χ2n) is 8.19. The minimum atomic E-state index is 0.0751. The summed E-state index contributed by atoms with van der Waals surface area (Å²) in [4.78, 5) is 25.4. The SMILES string of the molecule is O=C1N(CCCc2c[nH]nn2)CCN1Cc1cnc(NC2Cc3ccccc3C2)nc1. The number of anilines is 1. The van der Waals surface area contributed by atoms with Crippen molar-refractivity contribution in [2.45, 2.75) is 38.3 Å². The fourth-order valence-corrected chi connectivity index (χ4v) is 4.36. The third-order valence-corrected chi connectivity index (χ3v) is 5.97. The van der Waals surface area contributed by atoms with Gasteiger partial charge in [-0.15, -0.1) is 5.10 Å². The standard InChI is InChI=1S/C22H26N8O/c31-22-29(7-3-6-19-14-25-28-27-19)8-9-30(22)15-16-12-23-21(24-13-16)26-20-10-17-4-1-2-5-18(17)11-20/h1-2,4-5,12-14,20H,3,6-11,15H2,(H,23,24,26)(H,25,27,28). The number of hydrogen-bond donors (Lipinski definition) is 2. The predicted octanol–water partition coefficient (Wildman–Crippen LogP) is 2.04. The van der Waals surface area contributed by atoms with Crippen molar-refractivity contribution in [1.82, 2.24) is 35.2 Å². The van der Waals surface area contributed by atoms with Gasteiger partial charge >= 0.3 is 6.03 Å². The Morgan fingerprint density at radius 1 is 1.06 bits per heavy atom. The maximum absolute atomic E-state index is 12.7. The largest absolute Gasteiger partial charge is 0.351 e. The zero-order valence-corrected chi connectivity index (χ0v) is 17.4. The molecular weight excluding hydrogens is 392 g/mol. The van der Waals surface area contributed by atoms with Crippen molar-refractivity contribution in [3.63, 3.8) is 0 Å². The summed E-state index contributed by atoms with van der Waals surface area (Å²) in [6, 6.07) is 8.95. The van der Waals surface area contributed by atoms with Gasteiger partial charge in [0.05, 0.1) is 12.2 Å². The number of aromatic amines is 1. The highest BCUT2D eigenvalue weighted by atomic mass is 16.2. The van der Waals surface area contributed by atoms with Gasteiger partial charge in [-0.2, -0.15) is 0 Å². The van der Waals surface area contributed by atoms with Crippen LogP contribution in [0.4, 0.5) is 10.7 Å². The van der Waals surface area contributed by atoms with Gasteiger partial charge in [0.25, 0.3) is 0 Å². The first kappa shape index (κ1) is 19.5. The van der Waals surface area contributed by atoms with Gasteiger partial charge in [0.1, 0.15) is 0 Å². The molecule has 1 fully saturated rings. The third-order valence-electron chi connectivity index (χ3n) is 5.97. The summed E-state index contributed by atoms with van der Waals surface area (Å²) in [6.45, 7) is 2.74. The minimum Gasteiger partial charge on any atom is -0.351 e. The fourth-order valence-electron chi connectivity index (χ4n) is 4.36. The van der Waals surface area contributed by atoms with Crippen LogP contribution in [-0.4, -0.2) is 66.9 Å². The topological polar surface area (TPSA) is 103 Å². The molecule has 1 saturated heterocycles. The number of amides is 2. The molecule has 2 aliphatic rings. The van der Waals surface area contributed by atoms with Crippen LogP contribution in [0.1, 0.15) is 28.8 Å².